The van der Waals surface area contributed by atoms with Crippen molar-refractivity contribution in [2.45, 2.75) is 33.1 Å². The number of rotatable bonds is 4. The molecule has 1 fully saturated rings. The van der Waals surface area contributed by atoms with Gasteiger partial charge in [-0.05, 0) is 31.6 Å². The quantitative estimate of drug-likeness (QED) is 0.911. The molecule has 1 saturated heterocycles. The molecule has 0 aromatic carbocycles. The summed E-state index contributed by atoms with van der Waals surface area (Å²) in [4.78, 5) is 24.9. The van der Waals surface area contributed by atoms with Crippen LogP contribution in [0.25, 0.3) is 0 Å². The van der Waals surface area contributed by atoms with Crippen molar-refractivity contribution in [1.29, 1.82) is 0 Å². The van der Waals surface area contributed by atoms with Crippen molar-refractivity contribution in [1.82, 2.24) is 10.1 Å². The summed E-state index contributed by atoms with van der Waals surface area (Å²) in [6.45, 7) is 5.01. The molecule has 2 rings (SSSR count). The van der Waals surface area contributed by atoms with Crippen LogP contribution in [0.5, 0.6) is 0 Å². The summed E-state index contributed by atoms with van der Waals surface area (Å²) in [6.07, 6.45) is 3.54. The van der Waals surface area contributed by atoms with E-state index in [1.54, 1.807) is 11.8 Å². The molecule has 0 aliphatic carbocycles. The van der Waals surface area contributed by atoms with Gasteiger partial charge in [0.2, 0.25) is 5.76 Å². The van der Waals surface area contributed by atoms with Gasteiger partial charge in [0.15, 0.2) is 0 Å². The van der Waals surface area contributed by atoms with Gasteiger partial charge in [0, 0.05) is 25.1 Å². The number of aryl methyl sites for hydroxylation is 1. The highest BCUT2D eigenvalue weighted by molar-refractivity contribution is 5.92. The minimum absolute atomic E-state index is 0.0684. The van der Waals surface area contributed by atoms with Crippen LogP contribution in [0.1, 0.15) is 42.3 Å². The van der Waals surface area contributed by atoms with E-state index >= 15 is 0 Å². The molecule has 110 valence electrons. The molecule has 0 bridgehead atoms. The van der Waals surface area contributed by atoms with E-state index in [0.717, 1.165) is 18.4 Å². The Bertz CT molecular complexity index is 497. The molecule has 20 heavy (non-hydrogen) atoms. The van der Waals surface area contributed by atoms with Crippen molar-refractivity contribution >= 4 is 11.9 Å². The zero-order valence-electron chi connectivity index (χ0n) is 11.8. The first kappa shape index (κ1) is 14.6. The standard InChI is InChI=1S/C14H20N2O4/c1-9(6-12(17)18)11-4-3-5-16(8-11)14(19)13-10(2)7-15-20-13/h7,9,11H,3-6,8H2,1-2H3,(H,17,18). The predicted octanol–water partition coefficient (Wildman–Crippen LogP) is 1.95. The molecule has 1 aromatic rings. The molecule has 2 heterocycles. The van der Waals surface area contributed by atoms with Crippen molar-refractivity contribution in [2.24, 2.45) is 11.8 Å². The van der Waals surface area contributed by atoms with Crippen LogP contribution >= 0.6 is 0 Å². The maximum Gasteiger partial charge on any atom is 0.303 e. The summed E-state index contributed by atoms with van der Waals surface area (Å²) in [5, 5.41) is 12.5. The highest BCUT2D eigenvalue weighted by Gasteiger charge is 2.30. The zero-order chi connectivity index (χ0) is 14.7. The third-order valence-electron chi connectivity index (χ3n) is 3.99. The van der Waals surface area contributed by atoms with Crippen LogP contribution in [0, 0.1) is 18.8 Å². The van der Waals surface area contributed by atoms with Gasteiger partial charge in [0.1, 0.15) is 0 Å². The highest BCUT2D eigenvalue weighted by Crippen LogP contribution is 2.27. The fourth-order valence-electron chi connectivity index (χ4n) is 2.74. The van der Waals surface area contributed by atoms with Crippen molar-refractivity contribution < 1.29 is 19.2 Å². The third-order valence-corrected chi connectivity index (χ3v) is 3.99. The summed E-state index contributed by atoms with van der Waals surface area (Å²) in [5.74, 6) is -0.346. The number of aliphatic carboxylic acids is 1. The van der Waals surface area contributed by atoms with Gasteiger partial charge in [0.25, 0.3) is 5.91 Å². The molecule has 1 aliphatic rings. The van der Waals surface area contributed by atoms with E-state index in [0.29, 0.717) is 13.1 Å². The number of aromatic nitrogens is 1. The van der Waals surface area contributed by atoms with Gasteiger partial charge >= 0.3 is 5.97 Å². The lowest BCUT2D eigenvalue weighted by molar-refractivity contribution is -0.138. The minimum Gasteiger partial charge on any atom is -0.481 e. The summed E-state index contributed by atoms with van der Waals surface area (Å²) in [6, 6.07) is 0. The molecule has 6 nitrogen and oxygen atoms in total. The van der Waals surface area contributed by atoms with E-state index in [9.17, 15) is 9.59 Å². The topological polar surface area (TPSA) is 83.6 Å². The number of piperidine rings is 1. The Morgan fingerprint density at radius 2 is 2.35 bits per heavy atom. The minimum atomic E-state index is -0.785. The number of carboxylic acids is 1. The molecule has 0 radical (unpaired) electrons. The first-order valence-electron chi connectivity index (χ1n) is 6.91. The van der Waals surface area contributed by atoms with E-state index < -0.39 is 5.97 Å². The number of carbonyl (C=O) groups excluding carboxylic acids is 1. The molecule has 2 atom stereocenters. The van der Waals surface area contributed by atoms with Gasteiger partial charge in [-0.2, -0.15) is 0 Å². The predicted molar refractivity (Wildman–Crippen MR) is 71.3 cm³/mol. The first-order chi connectivity index (χ1) is 9.49. The van der Waals surface area contributed by atoms with Gasteiger partial charge < -0.3 is 14.5 Å². The van der Waals surface area contributed by atoms with Crippen LogP contribution in [-0.2, 0) is 4.79 Å². The van der Waals surface area contributed by atoms with Gasteiger partial charge in [-0.3, -0.25) is 9.59 Å². The lowest BCUT2D eigenvalue weighted by Crippen LogP contribution is -2.42. The Balaban J connectivity index is 2.02. The summed E-state index contributed by atoms with van der Waals surface area (Å²) < 4.78 is 5.00. The number of likely N-dealkylation sites (tertiary alicyclic amines) is 1. The summed E-state index contributed by atoms with van der Waals surface area (Å²) in [7, 11) is 0. The second kappa shape index (κ2) is 6.07. The summed E-state index contributed by atoms with van der Waals surface area (Å²) >= 11 is 0. The van der Waals surface area contributed by atoms with Crippen molar-refractivity contribution in [3.63, 3.8) is 0 Å². The smallest absolute Gasteiger partial charge is 0.303 e. The molecule has 0 spiro atoms. The zero-order valence-corrected chi connectivity index (χ0v) is 11.8. The number of carboxylic acid groups (broad SMARTS) is 1. The fraction of sp³-hybridized carbons (Fsp3) is 0.643. The largest absolute Gasteiger partial charge is 0.481 e. The van der Waals surface area contributed by atoms with E-state index in [4.69, 9.17) is 9.63 Å². The van der Waals surface area contributed by atoms with E-state index in [1.807, 2.05) is 6.92 Å². The highest BCUT2D eigenvalue weighted by atomic mass is 16.5. The van der Waals surface area contributed by atoms with Gasteiger partial charge in [-0.15, -0.1) is 0 Å². The maximum absolute atomic E-state index is 12.3. The molecule has 1 N–H and O–H groups in total. The van der Waals surface area contributed by atoms with E-state index in [1.165, 1.54) is 6.20 Å². The maximum atomic E-state index is 12.3. The lowest BCUT2D eigenvalue weighted by Gasteiger charge is -2.35. The fourth-order valence-corrected chi connectivity index (χ4v) is 2.74. The molecule has 6 heteroatoms. The molecular weight excluding hydrogens is 260 g/mol. The Kier molecular flexibility index (Phi) is 4.42. The summed E-state index contributed by atoms with van der Waals surface area (Å²) in [5.41, 5.74) is 0.732. The van der Waals surface area contributed by atoms with Crippen LogP contribution in [0.4, 0.5) is 0 Å². The molecule has 1 aliphatic heterocycles. The van der Waals surface area contributed by atoms with Crippen LogP contribution < -0.4 is 0 Å². The number of hydrogen-bond donors (Lipinski definition) is 1. The number of amides is 1. The average molecular weight is 280 g/mol. The van der Waals surface area contributed by atoms with Crippen LogP contribution in [0.15, 0.2) is 10.7 Å². The second-order valence-corrected chi connectivity index (χ2v) is 5.57. The Morgan fingerprint density at radius 1 is 1.60 bits per heavy atom. The molecule has 1 amide bonds. The van der Waals surface area contributed by atoms with Crippen LogP contribution in [0.2, 0.25) is 0 Å². The van der Waals surface area contributed by atoms with Crippen LogP contribution in [0.3, 0.4) is 0 Å². The van der Waals surface area contributed by atoms with Crippen LogP contribution in [-0.4, -0.2) is 40.1 Å². The number of hydrogen-bond acceptors (Lipinski definition) is 4. The lowest BCUT2D eigenvalue weighted by atomic mass is 9.84. The normalized spacial score (nSPS) is 20.7. The Hall–Kier alpha value is -1.85. The van der Waals surface area contributed by atoms with Gasteiger partial charge in [-0.25, -0.2) is 0 Å². The molecule has 2 unspecified atom stereocenters. The molecular formula is C14H20N2O4. The van der Waals surface area contributed by atoms with E-state index in [-0.39, 0.29) is 29.9 Å². The molecule has 1 aromatic heterocycles. The Morgan fingerprint density at radius 3 is 2.95 bits per heavy atom. The van der Waals surface area contributed by atoms with Crippen molar-refractivity contribution in [3.8, 4) is 0 Å². The Labute approximate surface area is 117 Å². The average Bonchev–Trinajstić information content (AvgIpc) is 2.83. The van der Waals surface area contributed by atoms with Crippen molar-refractivity contribution in [3.05, 3.63) is 17.5 Å². The van der Waals surface area contributed by atoms with Gasteiger partial charge in [-0.1, -0.05) is 12.1 Å². The number of nitrogens with zero attached hydrogens (tertiary/aromatic N) is 2. The van der Waals surface area contributed by atoms with Crippen molar-refractivity contribution in [2.75, 3.05) is 13.1 Å². The SMILES string of the molecule is Cc1cnoc1C(=O)N1CCCC(C(C)CC(=O)O)C1. The number of carbonyl (C=O) groups is 2. The second-order valence-electron chi connectivity index (χ2n) is 5.57. The van der Waals surface area contributed by atoms with Gasteiger partial charge in [0.05, 0.1) is 6.20 Å². The molecule has 0 saturated carbocycles. The monoisotopic (exact) mass is 280 g/mol. The van der Waals surface area contributed by atoms with E-state index in [2.05, 4.69) is 5.16 Å². The first-order valence-corrected chi connectivity index (χ1v) is 6.91. The third kappa shape index (κ3) is 3.18.